The van der Waals surface area contributed by atoms with E-state index >= 15 is 0 Å². The summed E-state index contributed by atoms with van der Waals surface area (Å²) in [6.45, 7) is 5.55. The Balaban J connectivity index is 2.34. The molecule has 1 fully saturated rings. The van der Waals surface area contributed by atoms with E-state index in [0.29, 0.717) is 0 Å². The first kappa shape index (κ1) is 9.26. The summed E-state index contributed by atoms with van der Waals surface area (Å²) in [5.74, 6) is 0.151. The molecule has 0 aromatic rings. The fourth-order valence-electron chi connectivity index (χ4n) is 1.21. The Labute approximate surface area is 73.4 Å². The van der Waals surface area contributed by atoms with Gasteiger partial charge in [-0.25, -0.2) is 0 Å². The van der Waals surface area contributed by atoms with Gasteiger partial charge in [-0.2, -0.15) is 0 Å². The van der Waals surface area contributed by atoms with Crippen LogP contribution in [0.2, 0.25) is 0 Å². The van der Waals surface area contributed by atoms with E-state index in [0.717, 1.165) is 32.6 Å². The number of hydrogen-bond acceptors (Lipinski definition) is 2. The van der Waals surface area contributed by atoms with Crippen molar-refractivity contribution in [3.8, 4) is 0 Å². The van der Waals surface area contributed by atoms with Crippen LogP contribution in [-0.2, 0) is 4.79 Å². The van der Waals surface area contributed by atoms with Crippen molar-refractivity contribution in [1.82, 2.24) is 10.2 Å². The summed E-state index contributed by atoms with van der Waals surface area (Å²) in [5, 5.41) is 3.21. The maximum Gasteiger partial charge on any atom is 0.246 e. The van der Waals surface area contributed by atoms with Gasteiger partial charge in [0.2, 0.25) is 5.91 Å². The van der Waals surface area contributed by atoms with Crippen LogP contribution >= 0.6 is 0 Å². The van der Waals surface area contributed by atoms with Crippen LogP contribution in [0.5, 0.6) is 0 Å². The Hall–Kier alpha value is -0.830. The third kappa shape index (κ3) is 2.66. The first-order valence-corrected chi connectivity index (χ1v) is 4.50. The number of nitrogens with zero attached hydrogens (tertiary/aromatic N) is 1. The lowest BCUT2D eigenvalue weighted by atomic mass is 10.3. The molecular weight excluding hydrogens is 152 g/mol. The molecule has 1 rings (SSSR count). The fourth-order valence-corrected chi connectivity index (χ4v) is 1.21. The molecule has 3 nitrogen and oxygen atoms in total. The van der Waals surface area contributed by atoms with Crippen molar-refractivity contribution in [3.63, 3.8) is 0 Å². The van der Waals surface area contributed by atoms with Gasteiger partial charge < -0.3 is 10.2 Å². The molecular formula is C9H16N2O. The summed E-state index contributed by atoms with van der Waals surface area (Å²) in [6.07, 6.45) is 4.51. The zero-order valence-electron chi connectivity index (χ0n) is 7.55. The minimum atomic E-state index is 0.151. The van der Waals surface area contributed by atoms with Crippen LogP contribution in [0, 0.1) is 0 Å². The lowest BCUT2D eigenvalue weighted by Gasteiger charge is -2.26. The van der Waals surface area contributed by atoms with Crippen molar-refractivity contribution in [2.75, 3.05) is 26.2 Å². The summed E-state index contributed by atoms with van der Waals surface area (Å²) in [7, 11) is 0. The molecule has 0 unspecified atom stereocenters. The SMILES string of the molecule is CCC=CC(=O)N1CCNCC1. The van der Waals surface area contributed by atoms with Gasteiger partial charge in [-0.15, -0.1) is 0 Å². The van der Waals surface area contributed by atoms with Crippen molar-refractivity contribution >= 4 is 5.91 Å². The number of amides is 1. The highest BCUT2D eigenvalue weighted by Gasteiger charge is 2.12. The van der Waals surface area contributed by atoms with E-state index in [1.165, 1.54) is 0 Å². The molecule has 0 aromatic carbocycles. The molecule has 3 heteroatoms. The molecule has 1 saturated heterocycles. The van der Waals surface area contributed by atoms with Crippen LogP contribution in [0.1, 0.15) is 13.3 Å². The summed E-state index contributed by atoms with van der Waals surface area (Å²) in [6, 6.07) is 0. The van der Waals surface area contributed by atoms with Crippen molar-refractivity contribution in [2.24, 2.45) is 0 Å². The van der Waals surface area contributed by atoms with Gasteiger partial charge in [0.25, 0.3) is 0 Å². The quantitative estimate of drug-likeness (QED) is 0.605. The molecule has 1 aliphatic heterocycles. The van der Waals surface area contributed by atoms with Gasteiger partial charge in [-0.05, 0) is 12.5 Å². The molecule has 68 valence electrons. The Bertz CT molecular complexity index is 171. The van der Waals surface area contributed by atoms with Gasteiger partial charge in [0.05, 0.1) is 0 Å². The van der Waals surface area contributed by atoms with Crippen LogP contribution in [0.4, 0.5) is 0 Å². The van der Waals surface area contributed by atoms with Gasteiger partial charge in [0.15, 0.2) is 0 Å². The number of allylic oxidation sites excluding steroid dienone is 1. The van der Waals surface area contributed by atoms with Crippen molar-refractivity contribution in [2.45, 2.75) is 13.3 Å². The highest BCUT2D eigenvalue weighted by molar-refractivity contribution is 5.87. The fraction of sp³-hybridized carbons (Fsp3) is 0.667. The molecule has 1 N–H and O–H groups in total. The van der Waals surface area contributed by atoms with Gasteiger partial charge >= 0.3 is 0 Å². The zero-order chi connectivity index (χ0) is 8.81. The van der Waals surface area contributed by atoms with Gasteiger partial charge in [-0.3, -0.25) is 4.79 Å². The van der Waals surface area contributed by atoms with Gasteiger partial charge in [0.1, 0.15) is 0 Å². The van der Waals surface area contributed by atoms with E-state index in [-0.39, 0.29) is 5.91 Å². The average molecular weight is 168 g/mol. The van der Waals surface area contributed by atoms with E-state index in [1.54, 1.807) is 6.08 Å². The molecule has 12 heavy (non-hydrogen) atoms. The molecule has 0 bridgehead atoms. The molecule has 0 aliphatic carbocycles. The number of rotatable bonds is 2. The highest BCUT2D eigenvalue weighted by atomic mass is 16.2. The monoisotopic (exact) mass is 168 g/mol. The molecule has 1 amide bonds. The van der Waals surface area contributed by atoms with Crippen LogP contribution in [0.3, 0.4) is 0 Å². The first-order valence-electron chi connectivity index (χ1n) is 4.50. The second-order valence-corrected chi connectivity index (χ2v) is 2.89. The largest absolute Gasteiger partial charge is 0.337 e. The van der Waals surface area contributed by atoms with E-state index < -0.39 is 0 Å². The third-order valence-electron chi connectivity index (χ3n) is 1.92. The van der Waals surface area contributed by atoms with E-state index in [1.807, 2.05) is 17.9 Å². The van der Waals surface area contributed by atoms with Crippen LogP contribution < -0.4 is 5.32 Å². The second kappa shape index (κ2) is 4.93. The lowest BCUT2D eigenvalue weighted by Crippen LogP contribution is -2.45. The minimum absolute atomic E-state index is 0.151. The van der Waals surface area contributed by atoms with Gasteiger partial charge in [0, 0.05) is 26.2 Å². The average Bonchev–Trinajstić information content (AvgIpc) is 2.15. The van der Waals surface area contributed by atoms with E-state index in [9.17, 15) is 4.79 Å². The predicted octanol–water partition coefficient (Wildman–Crippen LogP) is 0.384. The molecule has 0 aromatic heterocycles. The van der Waals surface area contributed by atoms with E-state index in [2.05, 4.69) is 5.32 Å². The minimum Gasteiger partial charge on any atom is -0.337 e. The Kier molecular flexibility index (Phi) is 3.80. The molecule has 0 spiro atoms. The summed E-state index contributed by atoms with van der Waals surface area (Å²) in [4.78, 5) is 13.2. The summed E-state index contributed by atoms with van der Waals surface area (Å²) >= 11 is 0. The highest BCUT2D eigenvalue weighted by Crippen LogP contribution is 1.94. The molecule has 0 atom stereocenters. The molecule has 0 radical (unpaired) electrons. The van der Waals surface area contributed by atoms with Crippen molar-refractivity contribution < 1.29 is 4.79 Å². The Morgan fingerprint density at radius 1 is 1.50 bits per heavy atom. The Morgan fingerprint density at radius 3 is 2.75 bits per heavy atom. The van der Waals surface area contributed by atoms with E-state index in [4.69, 9.17) is 0 Å². The summed E-state index contributed by atoms with van der Waals surface area (Å²) in [5.41, 5.74) is 0. The molecule has 1 heterocycles. The van der Waals surface area contributed by atoms with Crippen LogP contribution in [0.25, 0.3) is 0 Å². The standard InChI is InChI=1S/C9H16N2O/c1-2-3-4-9(12)11-7-5-10-6-8-11/h3-4,10H,2,5-8H2,1H3. The number of piperazine rings is 1. The smallest absolute Gasteiger partial charge is 0.246 e. The van der Waals surface area contributed by atoms with Crippen LogP contribution in [0.15, 0.2) is 12.2 Å². The van der Waals surface area contributed by atoms with Gasteiger partial charge in [-0.1, -0.05) is 13.0 Å². The molecule has 1 aliphatic rings. The number of hydrogen-bond donors (Lipinski definition) is 1. The zero-order valence-corrected chi connectivity index (χ0v) is 7.55. The third-order valence-corrected chi connectivity index (χ3v) is 1.92. The molecule has 0 saturated carbocycles. The predicted molar refractivity (Wildman–Crippen MR) is 48.9 cm³/mol. The van der Waals surface area contributed by atoms with Crippen molar-refractivity contribution in [1.29, 1.82) is 0 Å². The maximum atomic E-state index is 11.4. The maximum absolute atomic E-state index is 11.4. The topological polar surface area (TPSA) is 32.3 Å². The summed E-state index contributed by atoms with van der Waals surface area (Å²) < 4.78 is 0. The normalized spacial score (nSPS) is 18.6. The second-order valence-electron chi connectivity index (χ2n) is 2.89. The lowest BCUT2D eigenvalue weighted by molar-refractivity contribution is -0.126. The van der Waals surface area contributed by atoms with Crippen molar-refractivity contribution in [3.05, 3.63) is 12.2 Å². The Morgan fingerprint density at radius 2 is 2.17 bits per heavy atom. The van der Waals surface area contributed by atoms with Crippen LogP contribution in [-0.4, -0.2) is 37.0 Å². The number of nitrogens with one attached hydrogen (secondary N) is 1. The first-order chi connectivity index (χ1) is 5.84. The number of carbonyl (C=O) groups is 1. The number of carbonyl (C=O) groups excluding carboxylic acids is 1.